The molecule has 1 aromatic rings. The van der Waals surface area contributed by atoms with Gasteiger partial charge in [0.2, 0.25) is 0 Å². The fraction of sp³-hybridized carbons (Fsp3) is 0.600. The standard InChI is InChI=1S/C15H24FNO2/c1-5-17-15(4,10-18)9-12(3)19-14-8-11(2)6-7-13(14)16/h6-8,12,17-18H,5,9-10H2,1-4H3. The van der Waals surface area contributed by atoms with Gasteiger partial charge in [0.1, 0.15) is 0 Å². The Morgan fingerprint density at radius 1 is 1.47 bits per heavy atom. The van der Waals surface area contributed by atoms with Gasteiger partial charge in [-0.1, -0.05) is 13.0 Å². The van der Waals surface area contributed by atoms with Gasteiger partial charge >= 0.3 is 0 Å². The molecular formula is C15H24FNO2. The van der Waals surface area contributed by atoms with Crippen molar-refractivity contribution in [1.29, 1.82) is 0 Å². The number of hydrogen-bond acceptors (Lipinski definition) is 3. The highest BCUT2D eigenvalue weighted by atomic mass is 19.1. The number of aliphatic hydroxyl groups excluding tert-OH is 1. The maximum atomic E-state index is 13.6. The Bertz CT molecular complexity index is 411. The van der Waals surface area contributed by atoms with E-state index < -0.39 is 5.54 Å². The Balaban J connectivity index is 2.68. The molecule has 0 aromatic heterocycles. The van der Waals surface area contributed by atoms with Crippen LogP contribution >= 0.6 is 0 Å². The van der Waals surface area contributed by atoms with Gasteiger partial charge in [0.05, 0.1) is 12.7 Å². The van der Waals surface area contributed by atoms with Crippen molar-refractivity contribution in [2.45, 2.75) is 45.8 Å². The summed E-state index contributed by atoms with van der Waals surface area (Å²) < 4.78 is 19.2. The highest BCUT2D eigenvalue weighted by Gasteiger charge is 2.25. The van der Waals surface area contributed by atoms with Crippen LogP contribution in [-0.4, -0.2) is 29.9 Å². The van der Waals surface area contributed by atoms with Gasteiger partial charge in [0, 0.05) is 12.0 Å². The van der Waals surface area contributed by atoms with Crippen LogP contribution in [0.3, 0.4) is 0 Å². The molecular weight excluding hydrogens is 245 g/mol. The van der Waals surface area contributed by atoms with E-state index in [4.69, 9.17) is 4.74 Å². The van der Waals surface area contributed by atoms with Crippen molar-refractivity contribution in [3.63, 3.8) is 0 Å². The van der Waals surface area contributed by atoms with E-state index in [1.54, 1.807) is 12.1 Å². The second kappa shape index (κ2) is 6.87. The summed E-state index contributed by atoms with van der Waals surface area (Å²) in [4.78, 5) is 0. The van der Waals surface area contributed by atoms with Gasteiger partial charge in [-0.15, -0.1) is 0 Å². The predicted molar refractivity (Wildman–Crippen MR) is 75.0 cm³/mol. The summed E-state index contributed by atoms with van der Waals surface area (Å²) in [6.07, 6.45) is 0.414. The molecule has 0 amide bonds. The van der Waals surface area contributed by atoms with E-state index in [9.17, 15) is 9.50 Å². The second-order valence-electron chi connectivity index (χ2n) is 5.32. The minimum atomic E-state index is -0.408. The van der Waals surface area contributed by atoms with Crippen molar-refractivity contribution in [3.8, 4) is 5.75 Å². The fourth-order valence-corrected chi connectivity index (χ4v) is 2.21. The second-order valence-corrected chi connectivity index (χ2v) is 5.32. The number of aryl methyl sites for hydroxylation is 1. The molecule has 2 atom stereocenters. The number of likely N-dealkylation sites (N-methyl/N-ethyl adjacent to an activating group) is 1. The number of nitrogens with one attached hydrogen (secondary N) is 1. The Morgan fingerprint density at radius 3 is 2.74 bits per heavy atom. The molecule has 3 nitrogen and oxygen atoms in total. The number of hydrogen-bond donors (Lipinski definition) is 2. The van der Waals surface area contributed by atoms with Crippen molar-refractivity contribution < 1.29 is 14.2 Å². The molecule has 0 radical (unpaired) electrons. The minimum Gasteiger partial charge on any atom is -0.488 e. The summed E-state index contributed by atoms with van der Waals surface area (Å²) in [5, 5.41) is 12.7. The Kier molecular flexibility index (Phi) is 5.76. The van der Waals surface area contributed by atoms with Crippen LogP contribution in [0, 0.1) is 12.7 Å². The molecule has 0 spiro atoms. The van der Waals surface area contributed by atoms with Gasteiger partial charge in [-0.05, 0) is 45.0 Å². The van der Waals surface area contributed by atoms with Crippen molar-refractivity contribution in [2.75, 3.05) is 13.2 Å². The van der Waals surface area contributed by atoms with Crippen LogP contribution in [0.2, 0.25) is 0 Å². The van der Waals surface area contributed by atoms with Crippen LogP contribution in [0.4, 0.5) is 4.39 Å². The Hall–Kier alpha value is -1.13. The maximum Gasteiger partial charge on any atom is 0.165 e. The van der Waals surface area contributed by atoms with Gasteiger partial charge in [-0.25, -0.2) is 4.39 Å². The minimum absolute atomic E-state index is 0.0187. The van der Waals surface area contributed by atoms with Gasteiger partial charge in [-0.2, -0.15) is 0 Å². The van der Waals surface area contributed by atoms with Crippen molar-refractivity contribution in [1.82, 2.24) is 5.32 Å². The van der Waals surface area contributed by atoms with Crippen LogP contribution in [0.15, 0.2) is 18.2 Å². The molecule has 0 aliphatic heterocycles. The molecule has 1 rings (SSSR count). The lowest BCUT2D eigenvalue weighted by molar-refractivity contribution is 0.109. The van der Waals surface area contributed by atoms with Gasteiger partial charge < -0.3 is 15.2 Å². The molecule has 2 unspecified atom stereocenters. The number of halogens is 1. The number of aliphatic hydroxyl groups is 1. The van der Waals surface area contributed by atoms with Crippen molar-refractivity contribution >= 4 is 0 Å². The zero-order chi connectivity index (χ0) is 14.5. The molecule has 0 fully saturated rings. The van der Waals surface area contributed by atoms with Crippen LogP contribution in [0.5, 0.6) is 5.75 Å². The average Bonchev–Trinajstić information content (AvgIpc) is 2.34. The van der Waals surface area contributed by atoms with E-state index >= 15 is 0 Å². The molecule has 19 heavy (non-hydrogen) atoms. The molecule has 0 aliphatic rings. The highest BCUT2D eigenvalue weighted by Crippen LogP contribution is 2.22. The van der Waals surface area contributed by atoms with E-state index in [1.807, 2.05) is 27.7 Å². The highest BCUT2D eigenvalue weighted by molar-refractivity contribution is 5.29. The summed E-state index contributed by atoms with van der Waals surface area (Å²) in [6.45, 7) is 8.48. The van der Waals surface area contributed by atoms with Gasteiger partial charge in [0.15, 0.2) is 11.6 Å². The number of rotatable bonds is 7. The lowest BCUT2D eigenvalue weighted by Gasteiger charge is -2.31. The molecule has 108 valence electrons. The lowest BCUT2D eigenvalue weighted by Crippen LogP contribution is -2.48. The molecule has 0 saturated heterocycles. The lowest BCUT2D eigenvalue weighted by atomic mass is 9.95. The molecule has 2 N–H and O–H groups in total. The summed E-state index contributed by atoms with van der Waals surface area (Å²) in [5.74, 6) is -0.0871. The van der Waals surface area contributed by atoms with Crippen molar-refractivity contribution in [2.24, 2.45) is 0 Å². The monoisotopic (exact) mass is 269 g/mol. The zero-order valence-electron chi connectivity index (χ0n) is 12.2. The number of ether oxygens (including phenoxy) is 1. The molecule has 0 saturated carbocycles. The molecule has 0 aliphatic carbocycles. The third kappa shape index (κ3) is 4.80. The fourth-order valence-electron chi connectivity index (χ4n) is 2.21. The van der Waals surface area contributed by atoms with E-state index in [-0.39, 0.29) is 24.3 Å². The third-order valence-corrected chi connectivity index (χ3v) is 3.11. The summed E-state index contributed by atoms with van der Waals surface area (Å²) in [6, 6.07) is 4.81. The van der Waals surface area contributed by atoms with E-state index in [0.717, 1.165) is 12.1 Å². The van der Waals surface area contributed by atoms with Crippen LogP contribution in [0.1, 0.15) is 32.8 Å². The smallest absolute Gasteiger partial charge is 0.165 e. The predicted octanol–water partition coefficient (Wildman–Crippen LogP) is 2.65. The van der Waals surface area contributed by atoms with E-state index in [2.05, 4.69) is 5.32 Å². The van der Waals surface area contributed by atoms with Gasteiger partial charge in [-0.3, -0.25) is 0 Å². The normalized spacial score (nSPS) is 15.9. The first-order chi connectivity index (χ1) is 8.90. The van der Waals surface area contributed by atoms with E-state index in [1.165, 1.54) is 6.07 Å². The quantitative estimate of drug-likeness (QED) is 0.799. The SMILES string of the molecule is CCNC(C)(CO)CC(C)Oc1cc(C)ccc1F. The molecule has 0 bridgehead atoms. The molecule has 4 heteroatoms. The van der Waals surface area contributed by atoms with Crippen LogP contribution < -0.4 is 10.1 Å². The summed E-state index contributed by atoms with van der Waals surface area (Å²) in [7, 11) is 0. The summed E-state index contributed by atoms with van der Waals surface area (Å²) >= 11 is 0. The Morgan fingerprint density at radius 2 is 2.16 bits per heavy atom. The topological polar surface area (TPSA) is 41.5 Å². The number of benzene rings is 1. The van der Waals surface area contributed by atoms with Crippen molar-refractivity contribution in [3.05, 3.63) is 29.6 Å². The first-order valence-electron chi connectivity index (χ1n) is 6.69. The molecule has 1 aromatic carbocycles. The van der Waals surface area contributed by atoms with Gasteiger partial charge in [0.25, 0.3) is 0 Å². The average molecular weight is 269 g/mol. The zero-order valence-corrected chi connectivity index (χ0v) is 12.2. The third-order valence-electron chi connectivity index (χ3n) is 3.11. The van der Waals surface area contributed by atoms with Crippen LogP contribution in [-0.2, 0) is 0 Å². The first-order valence-corrected chi connectivity index (χ1v) is 6.69. The largest absolute Gasteiger partial charge is 0.488 e. The summed E-state index contributed by atoms with van der Waals surface area (Å²) in [5.41, 5.74) is 0.550. The van der Waals surface area contributed by atoms with E-state index in [0.29, 0.717) is 6.42 Å². The Labute approximate surface area is 114 Å². The maximum absolute atomic E-state index is 13.6. The molecule has 0 heterocycles. The first kappa shape index (κ1) is 15.9. The van der Waals surface area contributed by atoms with Crippen LogP contribution in [0.25, 0.3) is 0 Å².